The van der Waals surface area contributed by atoms with Gasteiger partial charge in [-0.25, -0.2) is 9.40 Å². The Bertz CT molecular complexity index is 1300. The van der Waals surface area contributed by atoms with E-state index in [0.29, 0.717) is 26.4 Å². The van der Waals surface area contributed by atoms with Gasteiger partial charge in [-0.15, -0.1) is 0 Å². The first-order chi connectivity index (χ1) is 16.3. The predicted octanol–water partition coefficient (Wildman–Crippen LogP) is 4.72. The van der Waals surface area contributed by atoms with Crippen molar-refractivity contribution in [1.82, 2.24) is 5.43 Å². The van der Waals surface area contributed by atoms with E-state index >= 15 is 0 Å². The van der Waals surface area contributed by atoms with Crippen molar-refractivity contribution >= 4 is 62.7 Å². The molecule has 1 aliphatic heterocycles. The highest BCUT2D eigenvalue weighted by Gasteiger charge is 2.34. The molecule has 0 aliphatic carbocycles. The first-order valence-corrected chi connectivity index (χ1v) is 11.1. The quantitative estimate of drug-likeness (QED) is 0.347. The molecule has 3 aromatic rings. The lowest BCUT2D eigenvalue weighted by molar-refractivity contribution is -0.118. The van der Waals surface area contributed by atoms with Crippen LogP contribution in [-0.2, 0) is 14.4 Å². The number of hydrogen-bond donors (Lipinski definition) is 2. The van der Waals surface area contributed by atoms with E-state index in [9.17, 15) is 18.8 Å². The molecule has 0 saturated carbocycles. The Balaban J connectivity index is 1.56. The third kappa shape index (κ3) is 5.27. The summed E-state index contributed by atoms with van der Waals surface area (Å²) in [6, 6.07) is 17.0. The fourth-order valence-electron chi connectivity index (χ4n) is 3.18. The minimum absolute atomic E-state index is 0.126. The Kier molecular flexibility index (Phi) is 6.95. The van der Waals surface area contributed by atoms with E-state index in [-0.39, 0.29) is 17.9 Å². The minimum Gasteiger partial charge on any atom is -0.482 e. The van der Waals surface area contributed by atoms with Crippen molar-refractivity contribution in [1.29, 1.82) is 0 Å². The Morgan fingerprint density at radius 1 is 1.12 bits per heavy atom. The van der Waals surface area contributed by atoms with Gasteiger partial charge in [0.05, 0.1) is 10.2 Å². The summed E-state index contributed by atoms with van der Waals surface area (Å²) in [5.74, 6) is -1.84. The molecule has 7 nitrogen and oxygen atoms in total. The van der Waals surface area contributed by atoms with Crippen molar-refractivity contribution in [2.45, 2.75) is 0 Å². The Labute approximate surface area is 207 Å². The van der Waals surface area contributed by atoms with E-state index in [1.807, 2.05) is 0 Å². The molecule has 4 rings (SSSR count). The predicted molar refractivity (Wildman–Crippen MR) is 130 cm³/mol. The van der Waals surface area contributed by atoms with Gasteiger partial charge in [-0.2, -0.15) is 0 Å². The molecule has 1 saturated heterocycles. The molecule has 172 valence electrons. The minimum atomic E-state index is -0.593. The second-order valence-electron chi connectivity index (χ2n) is 7.12. The summed E-state index contributed by atoms with van der Waals surface area (Å²) in [4.78, 5) is 37.7. The third-order valence-corrected chi connectivity index (χ3v) is 5.53. The number of rotatable bonds is 6. The zero-order valence-corrected chi connectivity index (χ0v) is 19.7. The lowest BCUT2D eigenvalue weighted by atomic mass is 10.1. The normalized spacial score (nSPS) is 14.3. The molecular formula is C24H16BrClFN3O4. The van der Waals surface area contributed by atoms with E-state index in [2.05, 4.69) is 26.7 Å². The van der Waals surface area contributed by atoms with Crippen LogP contribution in [0, 0.1) is 5.82 Å². The lowest BCUT2D eigenvalue weighted by Gasteiger charge is -2.14. The summed E-state index contributed by atoms with van der Waals surface area (Å²) in [5, 5.41) is 4.06. The molecule has 1 fully saturated rings. The molecule has 34 heavy (non-hydrogen) atoms. The van der Waals surface area contributed by atoms with Gasteiger partial charge in [0.25, 0.3) is 17.7 Å². The first-order valence-electron chi connectivity index (χ1n) is 9.91. The van der Waals surface area contributed by atoms with Gasteiger partial charge in [0.1, 0.15) is 17.1 Å². The number of amides is 3. The molecule has 3 amide bonds. The number of carbonyl (C=O) groups excluding carboxylic acids is 3. The highest BCUT2D eigenvalue weighted by molar-refractivity contribution is 9.10. The molecule has 0 spiro atoms. The number of ether oxygens (including phenoxy) is 1. The van der Waals surface area contributed by atoms with Gasteiger partial charge in [0.15, 0.2) is 6.61 Å². The molecular weight excluding hydrogens is 529 g/mol. The van der Waals surface area contributed by atoms with Crippen molar-refractivity contribution in [2.75, 3.05) is 16.9 Å². The molecule has 0 aromatic heterocycles. The van der Waals surface area contributed by atoms with Crippen LogP contribution in [0.1, 0.15) is 5.56 Å². The fourth-order valence-corrected chi connectivity index (χ4v) is 4.13. The van der Waals surface area contributed by atoms with Crippen LogP contribution in [0.25, 0.3) is 6.08 Å². The first kappa shape index (κ1) is 23.5. The highest BCUT2D eigenvalue weighted by Crippen LogP contribution is 2.35. The van der Waals surface area contributed by atoms with Gasteiger partial charge in [-0.3, -0.25) is 19.8 Å². The molecule has 10 heteroatoms. The third-order valence-electron chi connectivity index (χ3n) is 4.72. The van der Waals surface area contributed by atoms with Gasteiger partial charge in [0, 0.05) is 16.3 Å². The second-order valence-corrected chi connectivity index (χ2v) is 8.42. The van der Waals surface area contributed by atoms with Crippen molar-refractivity contribution in [3.05, 3.63) is 93.2 Å². The van der Waals surface area contributed by atoms with Crippen LogP contribution in [0.5, 0.6) is 5.75 Å². The van der Waals surface area contributed by atoms with Crippen LogP contribution in [0.4, 0.5) is 15.8 Å². The molecule has 1 heterocycles. The summed E-state index contributed by atoms with van der Waals surface area (Å²) >= 11 is 9.51. The summed E-state index contributed by atoms with van der Waals surface area (Å²) < 4.78 is 19.1. The fraction of sp³-hybridized carbons (Fsp3) is 0.0417. The number of nitrogens with one attached hydrogen (secondary N) is 2. The van der Waals surface area contributed by atoms with Gasteiger partial charge in [-0.05, 0) is 70.5 Å². The number of nitrogens with zero attached hydrogens (tertiary/aromatic N) is 1. The number of benzene rings is 3. The van der Waals surface area contributed by atoms with Crippen molar-refractivity contribution in [3.8, 4) is 5.75 Å². The average molecular weight is 545 g/mol. The second kappa shape index (κ2) is 10.1. The van der Waals surface area contributed by atoms with E-state index in [1.54, 1.807) is 36.4 Å². The molecule has 0 bridgehead atoms. The maximum Gasteiger partial charge on any atom is 0.282 e. The summed E-state index contributed by atoms with van der Waals surface area (Å²) in [7, 11) is 0. The molecule has 0 radical (unpaired) electrons. The molecule has 0 unspecified atom stereocenters. The van der Waals surface area contributed by atoms with Crippen molar-refractivity contribution in [2.24, 2.45) is 0 Å². The average Bonchev–Trinajstić information content (AvgIpc) is 3.09. The zero-order chi connectivity index (χ0) is 24.2. The van der Waals surface area contributed by atoms with Crippen LogP contribution in [0.3, 0.4) is 0 Å². The maximum absolute atomic E-state index is 13.0. The summed E-state index contributed by atoms with van der Waals surface area (Å²) in [6.45, 7) is -0.385. The zero-order valence-electron chi connectivity index (χ0n) is 17.3. The van der Waals surface area contributed by atoms with Gasteiger partial charge >= 0.3 is 0 Å². The number of hydrazine groups is 1. The SMILES string of the molecule is O=C(COc1c(Br)cc(Cl)cc1/C=C1/C(=O)NN(c2ccccc2)C1=O)Nc1ccc(F)cc1. The number of para-hydroxylation sites is 1. The lowest BCUT2D eigenvalue weighted by Crippen LogP contribution is -2.35. The van der Waals surface area contributed by atoms with Crippen LogP contribution in [-0.4, -0.2) is 24.3 Å². The monoisotopic (exact) mass is 543 g/mol. The van der Waals surface area contributed by atoms with Crippen LogP contribution < -0.4 is 20.5 Å². The number of halogens is 3. The van der Waals surface area contributed by atoms with E-state index in [0.717, 1.165) is 5.01 Å². The smallest absolute Gasteiger partial charge is 0.282 e. The largest absolute Gasteiger partial charge is 0.482 e. The molecule has 1 aliphatic rings. The summed E-state index contributed by atoms with van der Waals surface area (Å²) in [5.41, 5.74) is 3.63. The molecule has 2 N–H and O–H groups in total. The number of anilines is 2. The van der Waals surface area contributed by atoms with Crippen LogP contribution in [0.2, 0.25) is 5.02 Å². The van der Waals surface area contributed by atoms with E-state index in [1.165, 1.54) is 36.4 Å². The topological polar surface area (TPSA) is 87.7 Å². The van der Waals surface area contributed by atoms with E-state index in [4.69, 9.17) is 16.3 Å². The maximum atomic E-state index is 13.0. The number of carbonyl (C=O) groups is 3. The van der Waals surface area contributed by atoms with Gasteiger partial charge in [-0.1, -0.05) is 29.8 Å². The highest BCUT2D eigenvalue weighted by atomic mass is 79.9. The standard InChI is InChI=1S/C24H16BrClFN3O4/c25-20-12-15(26)10-14(22(20)34-13-21(31)28-17-8-6-16(27)7-9-17)11-19-23(32)29-30(24(19)33)18-4-2-1-3-5-18/h1-12H,13H2,(H,28,31)(H,29,32)/b19-11-. The van der Waals surface area contributed by atoms with Gasteiger partial charge < -0.3 is 10.1 Å². The van der Waals surface area contributed by atoms with Crippen LogP contribution in [0.15, 0.2) is 76.8 Å². The summed E-state index contributed by atoms with van der Waals surface area (Å²) in [6.07, 6.45) is 1.35. The van der Waals surface area contributed by atoms with Crippen molar-refractivity contribution in [3.63, 3.8) is 0 Å². The van der Waals surface area contributed by atoms with E-state index < -0.39 is 23.5 Å². The molecule has 0 atom stereocenters. The van der Waals surface area contributed by atoms with Crippen molar-refractivity contribution < 1.29 is 23.5 Å². The number of hydrogen-bond acceptors (Lipinski definition) is 4. The van der Waals surface area contributed by atoms with Gasteiger partial charge in [0.2, 0.25) is 0 Å². The Hall–Kier alpha value is -3.69. The van der Waals surface area contributed by atoms with Crippen LogP contribution >= 0.6 is 27.5 Å². The Morgan fingerprint density at radius 2 is 1.82 bits per heavy atom. The Morgan fingerprint density at radius 3 is 2.53 bits per heavy atom. The molecule has 3 aromatic carbocycles.